The molecule has 1 rings (SSSR count). The van der Waals surface area contributed by atoms with E-state index in [-0.39, 0.29) is 4.60 Å². The molecule has 1 heterocycles. The Hall–Kier alpha value is -1.06. The van der Waals surface area contributed by atoms with Gasteiger partial charge in [-0.05, 0) is 15.9 Å². The Bertz CT molecular complexity index is 486. The first kappa shape index (κ1) is 11.0. The van der Waals surface area contributed by atoms with Crippen molar-refractivity contribution in [3.8, 4) is 0 Å². The molecule has 1 aromatic heterocycles. The number of hydrogen-bond donors (Lipinski definition) is 1. The Kier molecular flexibility index (Phi) is 2.83. The first-order chi connectivity index (χ1) is 6.32. The molecule has 76 valence electrons. The fourth-order valence-electron chi connectivity index (χ4n) is 0.717. The summed E-state index contributed by atoms with van der Waals surface area (Å²) in [6.07, 6.45) is 0.929. The number of nitro groups is 1. The van der Waals surface area contributed by atoms with Crippen molar-refractivity contribution in [3.05, 3.63) is 27.0 Å². The first-order valence-electron chi connectivity index (χ1n) is 3.15. The van der Waals surface area contributed by atoms with E-state index in [4.69, 9.17) is 5.14 Å². The molecule has 0 aliphatic carbocycles. The van der Waals surface area contributed by atoms with E-state index in [1.165, 1.54) is 0 Å². The molecule has 0 aliphatic heterocycles. The molecule has 0 saturated carbocycles. The van der Waals surface area contributed by atoms with Crippen molar-refractivity contribution in [1.82, 2.24) is 4.98 Å². The molecule has 0 unspecified atom stereocenters. The lowest BCUT2D eigenvalue weighted by Crippen LogP contribution is -2.13. The van der Waals surface area contributed by atoms with Crippen LogP contribution in [0.1, 0.15) is 0 Å². The third-order valence-electron chi connectivity index (χ3n) is 1.31. The highest BCUT2D eigenvalue weighted by Gasteiger charge is 2.18. The number of primary sulfonamides is 1. The topological polar surface area (TPSA) is 116 Å². The molecule has 7 nitrogen and oxygen atoms in total. The van der Waals surface area contributed by atoms with Crippen molar-refractivity contribution >= 4 is 31.6 Å². The predicted octanol–water partition coefficient (Wildman–Crippen LogP) is 0.400. The molecule has 14 heavy (non-hydrogen) atoms. The Balaban J connectivity index is 3.44. The number of sulfonamides is 1. The lowest BCUT2D eigenvalue weighted by molar-refractivity contribution is -0.385. The Morgan fingerprint density at radius 3 is 2.57 bits per heavy atom. The number of rotatable bonds is 2. The molecule has 0 aromatic carbocycles. The van der Waals surface area contributed by atoms with Crippen LogP contribution in [0.3, 0.4) is 0 Å². The van der Waals surface area contributed by atoms with E-state index in [0.29, 0.717) is 0 Å². The Labute approximate surface area is 87.3 Å². The van der Waals surface area contributed by atoms with Crippen LogP contribution in [0.5, 0.6) is 0 Å². The third kappa shape index (κ3) is 2.25. The van der Waals surface area contributed by atoms with E-state index in [9.17, 15) is 18.5 Å². The van der Waals surface area contributed by atoms with E-state index in [1.54, 1.807) is 0 Å². The zero-order chi connectivity index (χ0) is 10.9. The number of nitrogens with two attached hydrogens (primary N) is 1. The minimum Gasteiger partial charge on any atom is -0.258 e. The largest absolute Gasteiger partial charge is 0.289 e. The zero-order valence-corrected chi connectivity index (χ0v) is 8.95. The van der Waals surface area contributed by atoms with E-state index in [2.05, 4.69) is 20.9 Å². The zero-order valence-electron chi connectivity index (χ0n) is 6.55. The fourth-order valence-corrected chi connectivity index (χ4v) is 2.18. The summed E-state index contributed by atoms with van der Waals surface area (Å²) in [5.74, 6) is 0. The van der Waals surface area contributed by atoms with Gasteiger partial charge >= 0.3 is 0 Å². The van der Waals surface area contributed by atoms with Crippen molar-refractivity contribution in [2.75, 3.05) is 0 Å². The van der Waals surface area contributed by atoms with Gasteiger partial charge in [0.2, 0.25) is 10.0 Å². The minimum absolute atomic E-state index is 0.0504. The molecule has 9 heteroatoms. The van der Waals surface area contributed by atoms with Gasteiger partial charge in [0.15, 0.2) is 0 Å². The fraction of sp³-hybridized carbons (Fsp3) is 0. The van der Waals surface area contributed by atoms with Crippen LogP contribution in [-0.2, 0) is 10.0 Å². The highest BCUT2D eigenvalue weighted by molar-refractivity contribution is 9.10. The Morgan fingerprint density at radius 2 is 2.14 bits per heavy atom. The maximum absolute atomic E-state index is 10.9. The maximum atomic E-state index is 10.9. The van der Waals surface area contributed by atoms with Crippen LogP contribution in [-0.4, -0.2) is 18.3 Å². The van der Waals surface area contributed by atoms with Crippen molar-refractivity contribution in [3.63, 3.8) is 0 Å². The second kappa shape index (κ2) is 3.59. The van der Waals surface area contributed by atoms with Gasteiger partial charge in [-0.2, -0.15) is 0 Å². The molecular weight excluding hydrogens is 278 g/mol. The standard InChI is InChI=1S/C5H4BrN3O4S/c6-5-4(14(7,12)13)1-3(2-8-5)9(10)11/h1-2H,(H2,7,12,13). The summed E-state index contributed by atoms with van der Waals surface area (Å²) in [5, 5.41) is 15.1. The molecule has 0 saturated heterocycles. The number of pyridine rings is 1. The summed E-state index contributed by atoms with van der Waals surface area (Å²) in [6, 6.07) is 0.840. The van der Waals surface area contributed by atoms with Crippen molar-refractivity contribution < 1.29 is 13.3 Å². The molecule has 1 aromatic rings. The van der Waals surface area contributed by atoms with Crippen LogP contribution in [0, 0.1) is 10.1 Å². The molecule has 0 amide bonds. The quantitative estimate of drug-likeness (QED) is 0.478. The van der Waals surface area contributed by atoms with E-state index >= 15 is 0 Å². The molecule has 2 N–H and O–H groups in total. The molecular formula is C5H4BrN3O4S. The van der Waals surface area contributed by atoms with Gasteiger partial charge in [-0.3, -0.25) is 10.1 Å². The van der Waals surface area contributed by atoms with Crippen LogP contribution in [0.15, 0.2) is 21.8 Å². The highest BCUT2D eigenvalue weighted by Crippen LogP contribution is 2.22. The lowest BCUT2D eigenvalue weighted by atomic mass is 10.4. The summed E-state index contributed by atoms with van der Waals surface area (Å²) in [7, 11) is -4.00. The minimum atomic E-state index is -4.00. The van der Waals surface area contributed by atoms with Gasteiger partial charge in [0.25, 0.3) is 5.69 Å². The molecule has 0 bridgehead atoms. The van der Waals surface area contributed by atoms with Crippen molar-refractivity contribution in [2.24, 2.45) is 5.14 Å². The summed E-state index contributed by atoms with van der Waals surface area (Å²) in [6.45, 7) is 0. The first-order valence-corrected chi connectivity index (χ1v) is 5.49. The van der Waals surface area contributed by atoms with E-state index in [0.717, 1.165) is 12.3 Å². The van der Waals surface area contributed by atoms with Gasteiger partial charge in [-0.15, -0.1) is 0 Å². The molecule has 0 atom stereocenters. The lowest BCUT2D eigenvalue weighted by Gasteiger charge is -1.99. The normalized spacial score (nSPS) is 11.3. The summed E-state index contributed by atoms with van der Waals surface area (Å²) >= 11 is 2.82. The number of hydrogen-bond acceptors (Lipinski definition) is 5. The van der Waals surface area contributed by atoms with Gasteiger partial charge in [-0.1, -0.05) is 0 Å². The number of halogens is 1. The van der Waals surface area contributed by atoms with Crippen molar-refractivity contribution in [2.45, 2.75) is 4.90 Å². The number of aromatic nitrogens is 1. The average molecular weight is 282 g/mol. The molecule has 0 spiro atoms. The predicted molar refractivity (Wildman–Crippen MR) is 50.0 cm³/mol. The van der Waals surface area contributed by atoms with E-state index in [1.807, 2.05) is 0 Å². The van der Waals surface area contributed by atoms with Gasteiger partial charge < -0.3 is 0 Å². The second-order valence-electron chi connectivity index (χ2n) is 2.28. The third-order valence-corrected chi connectivity index (χ3v) is 3.13. The smallest absolute Gasteiger partial charge is 0.258 e. The van der Waals surface area contributed by atoms with Gasteiger partial charge in [0, 0.05) is 6.07 Å². The van der Waals surface area contributed by atoms with Crippen molar-refractivity contribution in [1.29, 1.82) is 0 Å². The second-order valence-corrected chi connectivity index (χ2v) is 4.57. The summed E-state index contributed by atoms with van der Waals surface area (Å²) < 4.78 is 21.8. The van der Waals surface area contributed by atoms with Gasteiger partial charge in [0.05, 0.1) is 4.92 Å². The summed E-state index contributed by atoms with van der Waals surface area (Å²) in [5.41, 5.74) is -0.433. The molecule has 0 radical (unpaired) electrons. The summed E-state index contributed by atoms with van der Waals surface area (Å²) in [4.78, 5) is 12.6. The van der Waals surface area contributed by atoms with Crippen LogP contribution in [0.2, 0.25) is 0 Å². The maximum Gasteiger partial charge on any atom is 0.289 e. The average Bonchev–Trinajstić information content (AvgIpc) is 2.02. The van der Waals surface area contributed by atoms with Crippen LogP contribution in [0.4, 0.5) is 5.69 Å². The van der Waals surface area contributed by atoms with Gasteiger partial charge in [-0.25, -0.2) is 18.5 Å². The van der Waals surface area contributed by atoms with Crippen LogP contribution in [0.25, 0.3) is 0 Å². The SMILES string of the molecule is NS(=O)(=O)c1cc([N+](=O)[O-])cnc1Br. The van der Waals surface area contributed by atoms with Crippen LogP contribution < -0.4 is 5.14 Å². The monoisotopic (exact) mass is 281 g/mol. The van der Waals surface area contributed by atoms with Gasteiger partial charge in [0.1, 0.15) is 15.7 Å². The highest BCUT2D eigenvalue weighted by atomic mass is 79.9. The number of nitrogens with zero attached hydrogens (tertiary/aromatic N) is 2. The molecule has 0 aliphatic rings. The Morgan fingerprint density at radius 1 is 1.57 bits per heavy atom. The molecule has 0 fully saturated rings. The van der Waals surface area contributed by atoms with E-state index < -0.39 is 25.5 Å². The van der Waals surface area contributed by atoms with Crippen LogP contribution >= 0.6 is 15.9 Å².